The van der Waals surface area contributed by atoms with E-state index in [4.69, 9.17) is 4.74 Å². The second-order valence-corrected chi connectivity index (χ2v) is 5.65. The number of anilines is 1. The Morgan fingerprint density at radius 2 is 2.29 bits per heavy atom. The van der Waals surface area contributed by atoms with Gasteiger partial charge < -0.3 is 10.1 Å². The molecule has 2 unspecified atom stereocenters. The molecule has 0 saturated carbocycles. The summed E-state index contributed by atoms with van der Waals surface area (Å²) in [5.41, 5.74) is 0.694. The van der Waals surface area contributed by atoms with Gasteiger partial charge in [-0.2, -0.15) is 0 Å². The van der Waals surface area contributed by atoms with Crippen LogP contribution in [0.1, 0.15) is 26.2 Å². The van der Waals surface area contributed by atoms with Gasteiger partial charge in [0.05, 0.1) is 17.6 Å². The first-order chi connectivity index (χ1) is 10.2. The maximum absolute atomic E-state index is 11.3. The van der Waals surface area contributed by atoms with E-state index >= 15 is 0 Å². The molecule has 0 aromatic heterocycles. The van der Waals surface area contributed by atoms with Gasteiger partial charge in [0.15, 0.2) is 0 Å². The topological polar surface area (TPSA) is 67.6 Å². The van der Waals surface area contributed by atoms with E-state index < -0.39 is 0 Å². The SMILES string of the molecule is CCOc1ccc(NC2CCN3CCCC23)c([N+](=O)[O-])c1. The van der Waals surface area contributed by atoms with Crippen LogP contribution < -0.4 is 10.1 Å². The van der Waals surface area contributed by atoms with Crippen LogP contribution in [0.2, 0.25) is 0 Å². The molecule has 2 saturated heterocycles. The van der Waals surface area contributed by atoms with Crippen molar-refractivity contribution in [3.63, 3.8) is 0 Å². The first-order valence-electron chi connectivity index (χ1n) is 7.61. The van der Waals surface area contributed by atoms with Crippen LogP contribution in [0.5, 0.6) is 5.75 Å². The Morgan fingerprint density at radius 1 is 1.43 bits per heavy atom. The molecule has 0 bridgehead atoms. The van der Waals surface area contributed by atoms with E-state index in [0.29, 0.717) is 30.1 Å². The van der Waals surface area contributed by atoms with Crippen LogP contribution in [0.15, 0.2) is 18.2 Å². The molecule has 1 N–H and O–H groups in total. The lowest BCUT2D eigenvalue weighted by atomic mass is 10.1. The smallest absolute Gasteiger partial charge is 0.296 e. The van der Waals surface area contributed by atoms with E-state index in [1.165, 1.54) is 18.9 Å². The fourth-order valence-electron chi connectivity index (χ4n) is 3.49. The van der Waals surface area contributed by atoms with Crippen molar-refractivity contribution in [1.29, 1.82) is 0 Å². The number of nitro benzene ring substituents is 1. The van der Waals surface area contributed by atoms with Crippen molar-refractivity contribution in [3.05, 3.63) is 28.3 Å². The number of fused-ring (bicyclic) bond motifs is 1. The van der Waals surface area contributed by atoms with Gasteiger partial charge in [0.25, 0.3) is 5.69 Å². The van der Waals surface area contributed by atoms with E-state index in [1.807, 2.05) is 6.92 Å². The van der Waals surface area contributed by atoms with Crippen molar-refractivity contribution in [3.8, 4) is 5.75 Å². The summed E-state index contributed by atoms with van der Waals surface area (Å²) in [4.78, 5) is 13.4. The summed E-state index contributed by atoms with van der Waals surface area (Å²) in [6, 6.07) is 5.90. The van der Waals surface area contributed by atoms with Crippen molar-refractivity contribution < 1.29 is 9.66 Å². The monoisotopic (exact) mass is 291 g/mol. The number of hydrogen-bond acceptors (Lipinski definition) is 5. The summed E-state index contributed by atoms with van der Waals surface area (Å²) in [5, 5.41) is 14.7. The summed E-state index contributed by atoms with van der Waals surface area (Å²) in [6.45, 7) is 4.62. The molecule has 0 spiro atoms. The number of nitrogens with one attached hydrogen (secondary N) is 1. The third-order valence-corrected chi connectivity index (χ3v) is 4.42. The van der Waals surface area contributed by atoms with Crippen molar-refractivity contribution in [2.75, 3.05) is 25.0 Å². The normalized spacial score (nSPS) is 24.8. The highest BCUT2D eigenvalue weighted by Gasteiger charge is 2.37. The Morgan fingerprint density at radius 3 is 3.05 bits per heavy atom. The van der Waals surface area contributed by atoms with E-state index in [0.717, 1.165) is 19.5 Å². The molecule has 21 heavy (non-hydrogen) atoms. The molecular weight excluding hydrogens is 270 g/mol. The van der Waals surface area contributed by atoms with Gasteiger partial charge in [-0.3, -0.25) is 15.0 Å². The summed E-state index contributed by atoms with van der Waals surface area (Å²) >= 11 is 0. The van der Waals surface area contributed by atoms with Gasteiger partial charge in [-0.1, -0.05) is 0 Å². The van der Waals surface area contributed by atoms with Crippen LogP contribution >= 0.6 is 0 Å². The van der Waals surface area contributed by atoms with Crippen LogP contribution in [0.4, 0.5) is 11.4 Å². The van der Waals surface area contributed by atoms with Crippen molar-refractivity contribution in [2.45, 2.75) is 38.3 Å². The lowest BCUT2D eigenvalue weighted by Crippen LogP contribution is -2.33. The molecule has 3 rings (SSSR count). The average Bonchev–Trinajstić information content (AvgIpc) is 3.05. The van der Waals surface area contributed by atoms with Gasteiger partial charge in [-0.25, -0.2) is 0 Å². The summed E-state index contributed by atoms with van der Waals surface area (Å²) in [6.07, 6.45) is 3.46. The molecule has 6 heteroatoms. The molecule has 0 amide bonds. The third-order valence-electron chi connectivity index (χ3n) is 4.42. The molecule has 114 valence electrons. The largest absolute Gasteiger partial charge is 0.494 e. The van der Waals surface area contributed by atoms with Gasteiger partial charge in [-0.05, 0) is 44.9 Å². The highest BCUT2D eigenvalue weighted by Crippen LogP contribution is 2.34. The van der Waals surface area contributed by atoms with E-state index in [9.17, 15) is 10.1 Å². The van der Waals surface area contributed by atoms with Crippen molar-refractivity contribution in [2.24, 2.45) is 0 Å². The van der Waals surface area contributed by atoms with Gasteiger partial charge in [0.2, 0.25) is 0 Å². The van der Waals surface area contributed by atoms with Crippen molar-refractivity contribution >= 4 is 11.4 Å². The molecule has 6 nitrogen and oxygen atoms in total. The Balaban J connectivity index is 1.79. The predicted octanol–water partition coefficient (Wildman–Crippen LogP) is 2.64. The molecule has 2 atom stereocenters. The zero-order valence-electron chi connectivity index (χ0n) is 12.2. The fraction of sp³-hybridized carbons (Fsp3) is 0.600. The first kappa shape index (κ1) is 14.1. The molecular formula is C15H21N3O3. The molecule has 0 radical (unpaired) electrons. The standard InChI is InChI=1S/C15H21N3O3/c1-2-21-11-5-6-12(15(10-11)18(19)20)16-13-7-9-17-8-3-4-14(13)17/h5-6,10,13-14,16H,2-4,7-9H2,1H3. The van der Waals surface area contributed by atoms with Crippen LogP contribution in [0, 0.1) is 10.1 Å². The zero-order chi connectivity index (χ0) is 14.8. The van der Waals surface area contributed by atoms with E-state index in [2.05, 4.69) is 10.2 Å². The minimum Gasteiger partial charge on any atom is -0.494 e. The number of nitro groups is 1. The van der Waals surface area contributed by atoms with Crippen LogP contribution in [0.25, 0.3) is 0 Å². The summed E-state index contributed by atoms with van der Waals surface area (Å²) in [7, 11) is 0. The molecule has 2 aliphatic rings. The highest BCUT2D eigenvalue weighted by molar-refractivity contribution is 5.64. The maximum Gasteiger partial charge on any atom is 0.296 e. The lowest BCUT2D eigenvalue weighted by molar-refractivity contribution is -0.384. The zero-order valence-corrected chi connectivity index (χ0v) is 12.2. The Kier molecular flexibility index (Phi) is 3.96. The van der Waals surface area contributed by atoms with Crippen LogP contribution in [0.3, 0.4) is 0 Å². The lowest BCUT2D eigenvalue weighted by Gasteiger charge is -2.22. The summed E-state index contributed by atoms with van der Waals surface area (Å²) in [5.74, 6) is 0.545. The molecule has 2 heterocycles. The van der Waals surface area contributed by atoms with Crippen LogP contribution in [-0.4, -0.2) is 41.6 Å². The first-order valence-corrected chi connectivity index (χ1v) is 7.61. The van der Waals surface area contributed by atoms with E-state index in [1.54, 1.807) is 12.1 Å². The molecule has 1 aromatic carbocycles. The van der Waals surface area contributed by atoms with Gasteiger partial charge >= 0.3 is 0 Å². The Bertz CT molecular complexity index is 535. The second kappa shape index (κ2) is 5.89. The minimum atomic E-state index is -0.341. The number of hydrogen-bond donors (Lipinski definition) is 1. The highest BCUT2D eigenvalue weighted by atomic mass is 16.6. The second-order valence-electron chi connectivity index (χ2n) is 5.65. The number of rotatable bonds is 5. The quantitative estimate of drug-likeness (QED) is 0.667. The van der Waals surface area contributed by atoms with Gasteiger partial charge in [0, 0.05) is 18.6 Å². The number of benzene rings is 1. The van der Waals surface area contributed by atoms with E-state index in [-0.39, 0.29) is 10.6 Å². The molecule has 1 aromatic rings. The Labute approximate surface area is 124 Å². The molecule has 0 aliphatic carbocycles. The summed E-state index contributed by atoms with van der Waals surface area (Å²) < 4.78 is 5.35. The minimum absolute atomic E-state index is 0.0948. The fourth-order valence-corrected chi connectivity index (χ4v) is 3.49. The molecule has 2 fully saturated rings. The third kappa shape index (κ3) is 2.81. The predicted molar refractivity (Wildman–Crippen MR) is 80.9 cm³/mol. The average molecular weight is 291 g/mol. The van der Waals surface area contributed by atoms with Crippen molar-refractivity contribution in [1.82, 2.24) is 4.90 Å². The number of nitrogens with zero attached hydrogens (tertiary/aromatic N) is 2. The van der Waals surface area contributed by atoms with Gasteiger partial charge in [-0.15, -0.1) is 0 Å². The maximum atomic E-state index is 11.3. The number of ether oxygens (including phenoxy) is 1. The van der Waals surface area contributed by atoms with Crippen LogP contribution in [-0.2, 0) is 0 Å². The Hall–Kier alpha value is -1.82. The van der Waals surface area contributed by atoms with Gasteiger partial charge in [0.1, 0.15) is 11.4 Å². The molecule has 2 aliphatic heterocycles.